The standard InChI is InChI=1S/C26H23F2N3O2/c1-16(14-17-12-13-20(27)21(28)15-17)25(32)30-24-26(33)31(2)22-11-7-6-10-19(22)23(29-24)18-8-4-3-5-9-18/h3-13,15-16,24H,14H2,1-2H3,(H,30,32)/t16-,24+/m0/s1. The number of anilines is 1. The maximum Gasteiger partial charge on any atom is 0.272 e. The molecule has 2 amide bonds. The van der Waals surface area contributed by atoms with E-state index in [1.165, 1.54) is 11.0 Å². The number of carbonyl (C=O) groups is 2. The van der Waals surface area contributed by atoms with Crippen molar-refractivity contribution in [3.8, 4) is 0 Å². The molecule has 1 aliphatic heterocycles. The second-order valence-electron chi connectivity index (χ2n) is 8.02. The highest BCUT2D eigenvalue weighted by Crippen LogP contribution is 2.27. The van der Waals surface area contributed by atoms with Crippen LogP contribution in [0.4, 0.5) is 14.5 Å². The average Bonchev–Trinajstić information content (AvgIpc) is 2.92. The van der Waals surface area contributed by atoms with Gasteiger partial charge in [-0.05, 0) is 30.2 Å². The molecule has 1 aliphatic rings. The number of nitrogens with one attached hydrogen (secondary N) is 1. The van der Waals surface area contributed by atoms with E-state index in [4.69, 9.17) is 0 Å². The second kappa shape index (κ2) is 9.32. The summed E-state index contributed by atoms with van der Waals surface area (Å²) >= 11 is 0. The van der Waals surface area contributed by atoms with Gasteiger partial charge in [0.15, 0.2) is 11.6 Å². The molecule has 0 bridgehead atoms. The Balaban J connectivity index is 1.63. The third kappa shape index (κ3) is 4.67. The molecule has 0 spiro atoms. The Morgan fingerprint density at radius 3 is 2.45 bits per heavy atom. The van der Waals surface area contributed by atoms with Crippen LogP contribution in [0, 0.1) is 17.6 Å². The van der Waals surface area contributed by atoms with Crippen LogP contribution in [0.15, 0.2) is 77.8 Å². The molecule has 3 aromatic carbocycles. The Morgan fingerprint density at radius 1 is 1.03 bits per heavy atom. The molecule has 3 aromatic rings. The summed E-state index contributed by atoms with van der Waals surface area (Å²) in [6, 6.07) is 20.4. The van der Waals surface area contributed by atoms with Crippen LogP contribution in [-0.2, 0) is 16.0 Å². The molecule has 0 aromatic heterocycles. The number of para-hydroxylation sites is 1. The maximum absolute atomic E-state index is 13.5. The number of benzene rings is 3. The normalized spacial score (nSPS) is 16.5. The predicted molar refractivity (Wildman–Crippen MR) is 123 cm³/mol. The number of carbonyl (C=O) groups excluding carboxylic acids is 2. The van der Waals surface area contributed by atoms with Gasteiger partial charge < -0.3 is 10.2 Å². The van der Waals surface area contributed by atoms with Gasteiger partial charge in [-0.3, -0.25) is 9.59 Å². The summed E-state index contributed by atoms with van der Waals surface area (Å²) in [6.45, 7) is 1.66. The molecule has 0 saturated heterocycles. The molecule has 5 nitrogen and oxygen atoms in total. The van der Waals surface area contributed by atoms with Crippen LogP contribution in [0.3, 0.4) is 0 Å². The van der Waals surface area contributed by atoms with Crippen molar-refractivity contribution in [3.63, 3.8) is 0 Å². The van der Waals surface area contributed by atoms with Gasteiger partial charge in [0.1, 0.15) is 0 Å². The van der Waals surface area contributed by atoms with Gasteiger partial charge in [0.05, 0.1) is 11.4 Å². The van der Waals surface area contributed by atoms with E-state index in [1.807, 2.05) is 54.6 Å². The predicted octanol–water partition coefficient (Wildman–Crippen LogP) is 4.10. The highest BCUT2D eigenvalue weighted by Gasteiger charge is 2.31. The van der Waals surface area contributed by atoms with Crippen LogP contribution < -0.4 is 10.2 Å². The van der Waals surface area contributed by atoms with E-state index in [2.05, 4.69) is 10.3 Å². The minimum Gasteiger partial charge on any atom is -0.326 e. The fourth-order valence-corrected chi connectivity index (χ4v) is 3.83. The summed E-state index contributed by atoms with van der Waals surface area (Å²) in [5, 5.41) is 2.73. The van der Waals surface area contributed by atoms with Crippen LogP contribution in [0.25, 0.3) is 0 Å². The lowest BCUT2D eigenvalue weighted by molar-refractivity contribution is -0.129. The minimum atomic E-state index is -1.13. The molecule has 2 atom stereocenters. The van der Waals surface area contributed by atoms with Gasteiger partial charge in [0, 0.05) is 24.1 Å². The van der Waals surface area contributed by atoms with Crippen molar-refractivity contribution in [2.24, 2.45) is 10.9 Å². The quantitative estimate of drug-likeness (QED) is 0.640. The fourth-order valence-electron chi connectivity index (χ4n) is 3.83. The topological polar surface area (TPSA) is 61.8 Å². The summed E-state index contributed by atoms with van der Waals surface area (Å²) in [5.41, 5.74) is 3.38. The van der Waals surface area contributed by atoms with Crippen molar-refractivity contribution < 1.29 is 18.4 Å². The smallest absolute Gasteiger partial charge is 0.272 e. The second-order valence-corrected chi connectivity index (χ2v) is 8.02. The molecule has 33 heavy (non-hydrogen) atoms. The number of amides is 2. The van der Waals surface area contributed by atoms with Crippen molar-refractivity contribution in [2.45, 2.75) is 19.5 Å². The zero-order valence-electron chi connectivity index (χ0n) is 18.3. The van der Waals surface area contributed by atoms with Crippen LogP contribution in [0.5, 0.6) is 0 Å². The molecule has 0 unspecified atom stereocenters. The molecule has 0 radical (unpaired) electrons. The van der Waals surface area contributed by atoms with Crippen LogP contribution in [0.1, 0.15) is 23.6 Å². The number of hydrogen-bond donors (Lipinski definition) is 1. The van der Waals surface area contributed by atoms with Gasteiger partial charge in [-0.25, -0.2) is 13.8 Å². The molecule has 0 aliphatic carbocycles. The van der Waals surface area contributed by atoms with E-state index in [0.717, 1.165) is 23.3 Å². The Morgan fingerprint density at radius 2 is 1.73 bits per heavy atom. The number of halogens is 2. The van der Waals surface area contributed by atoms with Gasteiger partial charge in [0.25, 0.3) is 5.91 Å². The fraction of sp³-hybridized carbons (Fsp3) is 0.192. The van der Waals surface area contributed by atoms with Crippen LogP contribution >= 0.6 is 0 Å². The molecular formula is C26H23F2N3O2. The number of fused-ring (bicyclic) bond motifs is 1. The highest BCUT2D eigenvalue weighted by molar-refractivity contribution is 6.20. The zero-order chi connectivity index (χ0) is 23.5. The van der Waals surface area contributed by atoms with Crippen molar-refractivity contribution in [1.29, 1.82) is 0 Å². The van der Waals surface area contributed by atoms with Gasteiger partial charge in [0.2, 0.25) is 12.1 Å². The first-order chi connectivity index (χ1) is 15.8. The third-order valence-corrected chi connectivity index (χ3v) is 5.64. The Hall–Kier alpha value is -3.87. The summed E-state index contributed by atoms with van der Waals surface area (Å²) in [4.78, 5) is 32.3. The van der Waals surface area contributed by atoms with Crippen molar-refractivity contribution in [3.05, 3.63) is 101 Å². The van der Waals surface area contributed by atoms with E-state index in [0.29, 0.717) is 17.0 Å². The van der Waals surface area contributed by atoms with Gasteiger partial charge in [-0.15, -0.1) is 0 Å². The van der Waals surface area contributed by atoms with E-state index < -0.39 is 29.6 Å². The molecule has 0 fully saturated rings. The number of aliphatic imine (C=N–C) groups is 1. The minimum absolute atomic E-state index is 0.190. The summed E-state index contributed by atoms with van der Waals surface area (Å²) < 4.78 is 26.7. The van der Waals surface area contributed by atoms with Crippen molar-refractivity contribution >= 4 is 23.2 Å². The lowest BCUT2D eigenvalue weighted by Crippen LogP contribution is -2.47. The van der Waals surface area contributed by atoms with Crippen molar-refractivity contribution in [1.82, 2.24) is 5.32 Å². The molecule has 0 saturated carbocycles. The molecule has 1 heterocycles. The highest BCUT2D eigenvalue weighted by atomic mass is 19.2. The molecular weight excluding hydrogens is 424 g/mol. The number of likely N-dealkylation sites (N-methyl/N-ethyl adjacent to an activating group) is 1. The first-order valence-electron chi connectivity index (χ1n) is 10.6. The average molecular weight is 447 g/mol. The van der Waals surface area contributed by atoms with Gasteiger partial charge >= 0.3 is 0 Å². The SMILES string of the molecule is C[C@@H](Cc1ccc(F)c(F)c1)C(=O)N[C@H]1N=C(c2ccccc2)c2ccccc2N(C)C1=O. The number of benzodiazepines with no additional fused rings is 1. The molecule has 168 valence electrons. The maximum atomic E-state index is 13.5. The van der Waals surface area contributed by atoms with E-state index in [-0.39, 0.29) is 12.3 Å². The Labute approximate surface area is 190 Å². The molecule has 1 N–H and O–H groups in total. The summed E-state index contributed by atoms with van der Waals surface area (Å²) in [5.74, 6) is -3.27. The first-order valence-corrected chi connectivity index (χ1v) is 10.6. The van der Waals surface area contributed by atoms with Gasteiger partial charge in [-0.1, -0.05) is 61.5 Å². The number of nitrogens with zero attached hydrogens (tertiary/aromatic N) is 2. The molecule has 7 heteroatoms. The largest absolute Gasteiger partial charge is 0.326 e. The Bertz CT molecular complexity index is 1230. The monoisotopic (exact) mass is 447 g/mol. The summed E-state index contributed by atoms with van der Waals surface area (Å²) in [7, 11) is 1.65. The lowest BCUT2D eigenvalue weighted by Gasteiger charge is -2.22. The van der Waals surface area contributed by atoms with E-state index in [1.54, 1.807) is 14.0 Å². The number of hydrogen-bond acceptors (Lipinski definition) is 3. The Kier molecular flexibility index (Phi) is 6.31. The number of rotatable bonds is 5. The summed E-state index contributed by atoms with van der Waals surface area (Å²) in [6.07, 6.45) is -0.938. The lowest BCUT2D eigenvalue weighted by atomic mass is 10.00. The van der Waals surface area contributed by atoms with Gasteiger partial charge in [-0.2, -0.15) is 0 Å². The van der Waals surface area contributed by atoms with Crippen LogP contribution in [0.2, 0.25) is 0 Å². The third-order valence-electron chi connectivity index (χ3n) is 5.64. The van der Waals surface area contributed by atoms with E-state index in [9.17, 15) is 18.4 Å². The van der Waals surface area contributed by atoms with Crippen molar-refractivity contribution in [2.75, 3.05) is 11.9 Å². The zero-order valence-corrected chi connectivity index (χ0v) is 18.3. The molecule has 4 rings (SSSR count). The first kappa shape index (κ1) is 22.3. The van der Waals surface area contributed by atoms with Crippen LogP contribution in [-0.4, -0.2) is 30.7 Å². The van der Waals surface area contributed by atoms with E-state index >= 15 is 0 Å².